The van der Waals surface area contributed by atoms with Gasteiger partial charge in [-0.25, -0.2) is 0 Å². The Morgan fingerprint density at radius 1 is 1.38 bits per heavy atom. The standard InChI is InChI=1S/C15H17BrN4O/c16-12-2-3-14-11(6-12)8-20(9-13-7-17-19-18-13)10-15(21-14)4-1-5-15/h2-3,6-7H,1,4-5,8-10H2,(H,17,18,19). The van der Waals surface area contributed by atoms with Crippen LogP contribution in [0.25, 0.3) is 0 Å². The van der Waals surface area contributed by atoms with Gasteiger partial charge in [0, 0.05) is 29.7 Å². The highest BCUT2D eigenvalue weighted by atomic mass is 79.9. The summed E-state index contributed by atoms with van der Waals surface area (Å²) >= 11 is 3.55. The molecule has 2 heterocycles. The van der Waals surface area contributed by atoms with Crippen LogP contribution in [-0.2, 0) is 13.1 Å². The molecular formula is C15H17BrN4O. The van der Waals surface area contributed by atoms with E-state index in [1.165, 1.54) is 12.0 Å². The minimum Gasteiger partial charge on any atom is -0.486 e. The van der Waals surface area contributed by atoms with Gasteiger partial charge in [0.1, 0.15) is 11.4 Å². The van der Waals surface area contributed by atoms with Gasteiger partial charge in [0.2, 0.25) is 0 Å². The highest BCUT2D eigenvalue weighted by Gasteiger charge is 2.43. The molecule has 2 aromatic rings. The minimum absolute atomic E-state index is 0.0111. The predicted octanol–water partition coefficient (Wildman–Crippen LogP) is 2.88. The van der Waals surface area contributed by atoms with E-state index in [2.05, 4.69) is 54.4 Å². The molecule has 2 aliphatic rings. The van der Waals surface area contributed by atoms with Gasteiger partial charge in [-0.2, -0.15) is 15.4 Å². The summed E-state index contributed by atoms with van der Waals surface area (Å²) in [5, 5.41) is 10.8. The SMILES string of the molecule is Brc1ccc2c(c1)CN(Cc1cn[nH]n1)CC1(CCC1)O2. The molecule has 0 bridgehead atoms. The van der Waals surface area contributed by atoms with Gasteiger partial charge in [0.05, 0.1) is 11.9 Å². The second-order valence-electron chi connectivity index (χ2n) is 6.00. The second kappa shape index (κ2) is 5.10. The third kappa shape index (κ3) is 2.58. The Balaban J connectivity index is 1.65. The van der Waals surface area contributed by atoms with Crippen LogP contribution in [0.2, 0.25) is 0 Å². The smallest absolute Gasteiger partial charge is 0.124 e. The van der Waals surface area contributed by atoms with Gasteiger partial charge >= 0.3 is 0 Å². The van der Waals surface area contributed by atoms with Crippen molar-refractivity contribution in [2.24, 2.45) is 0 Å². The van der Waals surface area contributed by atoms with Gasteiger partial charge in [0.15, 0.2) is 0 Å². The van der Waals surface area contributed by atoms with Crippen LogP contribution < -0.4 is 4.74 Å². The van der Waals surface area contributed by atoms with E-state index in [0.717, 1.165) is 48.4 Å². The summed E-state index contributed by atoms with van der Waals surface area (Å²) in [6, 6.07) is 6.29. The molecule has 110 valence electrons. The molecule has 1 aromatic carbocycles. The maximum absolute atomic E-state index is 6.38. The first-order valence-corrected chi connectivity index (χ1v) is 8.06. The Morgan fingerprint density at radius 2 is 2.29 bits per heavy atom. The maximum atomic E-state index is 6.38. The molecule has 1 aliphatic carbocycles. The fourth-order valence-electron chi connectivity index (χ4n) is 3.21. The van der Waals surface area contributed by atoms with Gasteiger partial charge in [0.25, 0.3) is 0 Å². The molecule has 1 spiro atoms. The molecule has 1 aromatic heterocycles. The Labute approximate surface area is 131 Å². The second-order valence-corrected chi connectivity index (χ2v) is 6.91. The topological polar surface area (TPSA) is 54.0 Å². The average molecular weight is 349 g/mol. The average Bonchev–Trinajstić information content (AvgIpc) is 2.85. The van der Waals surface area contributed by atoms with Crippen molar-refractivity contribution >= 4 is 15.9 Å². The third-order valence-electron chi connectivity index (χ3n) is 4.37. The zero-order chi connectivity index (χ0) is 14.3. The van der Waals surface area contributed by atoms with Gasteiger partial charge in [-0.05, 0) is 37.5 Å². The van der Waals surface area contributed by atoms with Crippen LogP contribution in [0.15, 0.2) is 28.9 Å². The fourth-order valence-corrected chi connectivity index (χ4v) is 3.62. The van der Waals surface area contributed by atoms with E-state index in [9.17, 15) is 0 Å². The number of benzene rings is 1. The van der Waals surface area contributed by atoms with Crippen molar-refractivity contribution in [1.29, 1.82) is 0 Å². The van der Waals surface area contributed by atoms with E-state index in [1.54, 1.807) is 6.20 Å². The van der Waals surface area contributed by atoms with Crippen LogP contribution in [0.4, 0.5) is 0 Å². The van der Waals surface area contributed by atoms with Crippen LogP contribution in [0.5, 0.6) is 5.75 Å². The van der Waals surface area contributed by atoms with Crippen molar-refractivity contribution in [2.75, 3.05) is 6.54 Å². The number of H-pyrrole nitrogens is 1. The fraction of sp³-hybridized carbons (Fsp3) is 0.467. The van der Waals surface area contributed by atoms with Crippen molar-refractivity contribution in [3.05, 3.63) is 40.1 Å². The lowest BCUT2D eigenvalue weighted by Crippen LogP contribution is -2.50. The first-order valence-electron chi connectivity index (χ1n) is 7.27. The van der Waals surface area contributed by atoms with Crippen LogP contribution >= 0.6 is 15.9 Å². The van der Waals surface area contributed by atoms with E-state index in [4.69, 9.17) is 4.74 Å². The van der Waals surface area contributed by atoms with Crippen molar-refractivity contribution < 1.29 is 4.74 Å². The molecule has 1 saturated carbocycles. The zero-order valence-electron chi connectivity index (χ0n) is 11.7. The quantitative estimate of drug-likeness (QED) is 0.906. The number of hydrogen-bond acceptors (Lipinski definition) is 4. The summed E-state index contributed by atoms with van der Waals surface area (Å²) < 4.78 is 7.47. The van der Waals surface area contributed by atoms with Gasteiger partial charge in [-0.1, -0.05) is 15.9 Å². The van der Waals surface area contributed by atoms with E-state index < -0.39 is 0 Å². The molecule has 0 atom stereocenters. The van der Waals surface area contributed by atoms with E-state index in [0.29, 0.717) is 0 Å². The summed E-state index contributed by atoms with van der Waals surface area (Å²) in [6.45, 7) is 2.63. The number of aromatic amines is 1. The number of nitrogens with one attached hydrogen (secondary N) is 1. The van der Waals surface area contributed by atoms with Crippen molar-refractivity contribution in [3.8, 4) is 5.75 Å². The van der Waals surface area contributed by atoms with Crippen LogP contribution in [0, 0.1) is 0 Å². The predicted molar refractivity (Wildman–Crippen MR) is 81.8 cm³/mol. The number of halogens is 1. The summed E-state index contributed by atoms with van der Waals surface area (Å²) in [4.78, 5) is 2.41. The molecule has 4 rings (SSSR count). The van der Waals surface area contributed by atoms with Gasteiger partial charge in [-0.15, -0.1) is 0 Å². The van der Waals surface area contributed by atoms with Crippen molar-refractivity contribution in [1.82, 2.24) is 20.3 Å². The lowest BCUT2D eigenvalue weighted by molar-refractivity contribution is -0.0304. The van der Waals surface area contributed by atoms with Crippen molar-refractivity contribution in [3.63, 3.8) is 0 Å². The Hall–Kier alpha value is -1.40. The molecule has 1 N–H and O–H groups in total. The maximum Gasteiger partial charge on any atom is 0.124 e. The molecule has 0 radical (unpaired) electrons. The number of fused-ring (bicyclic) bond motifs is 1. The number of ether oxygens (including phenoxy) is 1. The monoisotopic (exact) mass is 348 g/mol. The van der Waals surface area contributed by atoms with Crippen LogP contribution in [-0.4, -0.2) is 32.5 Å². The molecule has 5 nitrogen and oxygen atoms in total. The summed E-state index contributed by atoms with van der Waals surface area (Å²) in [5.74, 6) is 1.03. The number of nitrogens with zero attached hydrogens (tertiary/aromatic N) is 3. The van der Waals surface area contributed by atoms with E-state index in [1.807, 2.05) is 0 Å². The van der Waals surface area contributed by atoms with Gasteiger partial charge < -0.3 is 4.74 Å². The summed E-state index contributed by atoms with van der Waals surface area (Å²) in [5.41, 5.74) is 2.20. The van der Waals surface area contributed by atoms with Crippen LogP contribution in [0.3, 0.4) is 0 Å². The Bertz CT molecular complexity index is 639. The lowest BCUT2D eigenvalue weighted by Gasteiger charge is -2.43. The van der Waals surface area contributed by atoms with Gasteiger partial charge in [-0.3, -0.25) is 4.90 Å². The zero-order valence-corrected chi connectivity index (χ0v) is 13.3. The highest BCUT2D eigenvalue weighted by molar-refractivity contribution is 9.10. The first-order chi connectivity index (χ1) is 10.2. The highest BCUT2D eigenvalue weighted by Crippen LogP contribution is 2.41. The van der Waals surface area contributed by atoms with E-state index >= 15 is 0 Å². The van der Waals surface area contributed by atoms with Crippen LogP contribution in [0.1, 0.15) is 30.5 Å². The lowest BCUT2D eigenvalue weighted by atomic mass is 9.79. The first kappa shape index (κ1) is 13.3. The molecule has 1 fully saturated rings. The Morgan fingerprint density at radius 3 is 3.00 bits per heavy atom. The number of hydrogen-bond donors (Lipinski definition) is 1. The summed E-state index contributed by atoms with van der Waals surface area (Å²) in [7, 11) is 0. The third-order valence-corrected chi connectivity index (χ3v) is 4.86. The minimum atomic E-state index is -0.0111. The Kier molecular flexibility index (Phi) is 3.23. The molecule has 0 amide bonds. The number of aromatic nitrogens is 3. The molecule has 1 aliphatic heterocycles. The molecule has 21 heavy (non-hydrogen) atoms. The molecular weight excluding hydrogens is 332 g/mol. The molecule has 6 heteroatoms. The molecule has 0 saturated heterocycles. The van der Waals surface area contributed by atoms with E-state index in [-0.39, 0.29) is 5.60 Å². The molecule has 0 unspecified atom stereocenters. The summed E-state index contributed by atoms with van der Waals surface area (Å²) in [6.07, 6.45) is 5.32. The van der Waals surface area contributed by atoms with Crippen molar-refractivity contribution in [2.45, 2.75) is 38.0 Å². The normalized spacial score (nSPS) is 20.4. The largest absolute Gasteiger partial charge is 0.486 e. The number of rotatable bonds is 2.